The van der Waals surface area contributed by atoms with Crippen molar-refractivity contribution in [3.63, 3.8) is 0 Å². The lowest BCUT2D eigenvalue weighted by molar-refractivity contribution is -0.138. The molecule has 0 aliphatic carbocycles. The van der Waals surface area contributed by atoms with Crippen LogP contribution in [0.1, 0.15) is 28.8 Å². The third-order valence-electron chi connectivity index (χ3n) is 3.41. The van der Waals surface area contributed by atoms with Crippen LogP contribution in [0.2, 0.25) is 0 Å². The van der Waals surface area contributed by atoms with Gasteiger partial charge in [0.05, 0.1) is 18.6 Å². The molecular weight excluding hydrogens is 373 g/mol. The van der Waals surface area contributed by atoms with Crippen LogP contribution in [0.4, 0.5) is 0 Å². The molecule has 1 fully saturated rings. The zero-order valence-electron chi connectivity index (χ0n) is 11.1. The summed E-state index contributed by atoms with van der Waals surface area (Å²) >= 11 is 2.17. The number of hydrogen-bond acceptors (Lipinski definition) is 3. The van der Waals surface area contributed by atoms with Gasteiger partial charge in [-0.1, -0.05) is 6.07 Å². The number of aryl methyl sites for hydroxylation is 1. The van der Waals surface area contributed by atoms with Crippen LogP contribution in [-0.4, -0.2) is 35.7 Å². The zero-order valence-corrected chi connectivity index (χ0v) is 13.3. The Morgan fingerprint density at radius 2 is 2.25 bits per heavy atom. The van der Waals surface area contributed by atoms with E-state index >= 15 is 0 Å². The summed E-state index contributed by atoms with van der Waals surface area (Å²) in [5.41, 5.74) is 0.849. The smallest absolute Gasteiger partial charge is 0.305 e. The number of amides is 1. The Morgan fingerprint density at radius 3 is 2.80 bits per heavy atom. The first kappa shape index (κ1) is 15.2. The number of benzene rings is 1. The summed E-state index contributed by atoms with van der Waals surface area (Å²) < 4.78 is 6.27. The molecule has 108 valence electrons. The molecule has 1 aromatic carbocycles. The van der Waals surface area contributed by atoms with Gasteiger partial charge in [-0.05, 0) is 53.6 Å². The van der Waals surface area contributed by atoms with Crippen LogP contribution in [0, 0.1) is 10.5 Å². The predicted molar refractivity (Wildman–Crippen MR) is 81.8 cm³/mol. The van der Waals surface area contributed by atoms with Crippen LogP contribution < -0.4 is 5.32 Å². The molecule has 0 spiro atoms. The van der Waals surface area contributed by atoms with Crippen LogP contribution in [0.25, 0.3) is 0 Å². The molecule has 1 saturated heterocycles. The number of halogens is 1. The average molecular weight is 389 g/mol. The topological polar surface area (TPSA) is 75.6 Å². The number of carboxylic acid groups (broad SMARTS) is 1. The van der Waals surface area contributed by atoms with Gasteiger partial charge in [-0.15, -0.1) is 0 Å². The Kier molecular flexibility index (Phi) is 4.64. The van der Waals surface area contributed by atoms with Crippen molar-refractivity contribution in [3.8, 4) is 0 Å². The summed E-state index contributed by atoms with van der Waals surface area (Å²) in [6, 6.07) is 5.43. The first-order chi connectivity index (χ1) is 9.42. The van der Waals surface area contributed by atoms with Crippen molar-refractivity contribution < 1.29 is 19.4 Å². The molecule has 2 N–H and O–H groups in total. The van der Waals surface area contributed by atoms with Gasteiger partial charge in [-0.25, -0.2) is 0 Å². The predicted octanol–water partition coefficient (Wildman–Crippen LogP) is 1.96. The van der Waals surface area contributed by atoms with Gasteiger partial charge in [0.2, 0.25) is 0 Å². The number of aliphatic carboxylic acids is 1. The molecule has 1 aromatic rings. The molecule has 2 rings (SSSR count). The van der Waals surface area contributed by atoms with Crippen molar-refractivity contribution in [1.29, 1.82) is 0 Å². The van der Waals surface area contributed by atoms with E-state index in [0.29, 0.717) is 18.6 Å². The number of hydrogen-bond donors (Lipinski definition) is 2. The van der Waals surface area contributed by atoms with E-state index in [1.807, 2.05) is 13.0 Å². The fourth-order valence-electron chi connectivity index (χ4n) is 2.23. The van der Waals surface area contributed by atoms with Crippen molar-refractivity contribution in [3.05, 3.63) is 32.9 Å². The quantitative estimate of drug-likeness (QED) is 0.773. The van der Waals surface area contributed by atoms with Crippen LogP contribution in [0.5, 0.6) is 0 Å². The Hall–Kier alpha value is -1.15. The molecule has 1 aliphatic rings. The van der Waals surface area contributed by atoms with Crippen LogP contribution in [0.15, 0.2) is 18.2 Å². The molecule has 1 atom stereocenters. The number of carbonyl (C=O) groups is 2. The summed E-state index contributed by atoms with van der Waals surface area (Å²) in [7, 11) is 0. The van der Waals surface area contributed by atoms with Crippen LogP contribution >= 0.6 is 22.6 Å². The van der Waals surface area contributed by atoms with Gasteiger partial charge >= 0.3 is 5.97 Å². The first-order valence-electron chi connectivity index (χ1n) is 6.30. The number of rotatable bonds is 4. The largest absolute Gasteiger partial charge is 0.481 e. The molecule has 1 unspecified atom stereocenters. The summed E-state index contributed by atoms with van der Waals surface area (Å²) in [6.07, 6.45) is 0.398. The molecule has 0 bridgehead atoms. The fourth-order valence-corrected chi connectivity index (χ4v) is 2.74. The highest BCUT2D eigenvalue weighted by molar-refractivity contribution is 14.1. The summed E-state index contributed by atoms with van der Waals surface area (Å²) in [5.74, 6) is -1.19. The van der Waals surface area contributed by atoms with E-state index < -0.39 is 11.5 Å². The molecule has 20 heavy (non-hydrogen) atoms. The Labute approximate surface area is 130 Å². The van der Waals surface area contributed by atoms with Crippen molar-refractivity contribution in [2.45, 2.75) is 25.3 Å². The second kappa shape index (κ2) is 6.09. The minimum Gasteiger partial charge on any atom is -0.481 e. The van der Waals surface area contributed by atoms with E-state index in [0.717, 1.165) is 9.13 Å². The molecule has 5 nitrogen and oxygen atoms in total. The molecule has 1 amide bonds. The van der Waals surface area contributed by atoms with Crippen molar-refractivity contribution in [1.82, 2.24) is 5.32 Å². The third-order valence-corrected chi connectivity index (χ3v) is 4.57. The number of ether oxygens (including phenoxy) is 1. The lowest BCUT2D eigenvalue weighted by atomic mass is 9.93. The highest BCUT2D eigenvalue weighted by Gasteiger charge is 2.38. The van der Waals surface area contributed by atoms with Gasteiger partial charge in [0.15, 0.2) is 0 Å². The summed E-state index contributed by atoms with van der Waals surface area (Å²) in [4.78, 5) is 23.3. The summed E-state index contributed by atoms with van der Waals surface area (Å²) in [5, 5.41) is 11.8. The molecular formula is C14H16INO4. The van der Waals surface area contributed by atoms with Crippen LogP contribution in [-0.2, 0) is 9.53 Å². The highest BCUT2D eigenvalue weighted by Crippen LogP contribution is 2.24. The molecule has 6 heteroatoms. The standard InChI is InChI=1S/C14H16INO4/c1-9-2-3-10(6-11(9)15)13(19)16-14(7-12(17)18)4-5-20-8-14/h2-3,6H,4-5,7-8H2,1H3,(H,16,19)(H,17,18). The molecule has 0 saturated carbocycles. The van der Waals surface area contributed by atoms with E-state index in [1.54, 1.807) is 12.1 Å². The lowest BCUT2D eigenvalue weighted by Crippen LogP contribution is -2.50. The highest BCUT2D eigenvalue weighted by atomic mass is 127. The first-order valence-corrected chi connectivity index (χ1v) is 7.38. The Bertz CT molecular complexity index is 538. The normalized spacial score (nSPS) is 21.7. The van der Waals surface area contributed by atoms with Gasteiger partial charge in [0.25, 0.3) is 5.91 Å². The minimum atomic E-state index is -0.936. The van der Waals surface area contributed by atoms with Crippen molar-refractivity contribution >= 4 is 34.5 Å². The second-order valence-corrected chi connectivity index (χ2v) is 6.23. The average Bonchev–Trinajstić information content (AvgIpc) is 2.79. The molecule has 0 radical (unpaired) electrons. The zero-order chi connectivity index (χ0) is 14.8. The fraction of sp³-hybridized carbons (Fsp3) is 0.429. The monoisotopic (exact) mass is 389 g/mol. The van der Waals surface area contributed by atoms with Gasteiger partial charge in [0, 0.05) is 15.7 Å². The van der Waals surface area contributed by atoms with Crippen molar-refractivity contribution in [2.24, 2.45) is 0 Å². The van der Waals surface area contributed by atoms with E-state index in [2.05, 4.69) is 27.9 Å². The van der Waals surface area contributed by atoms with E-state index in [-0.39, 0.29) is 18.9 Å². The van der Waals surface area contributed by atoms with Gasteiger partial charge < -0.3 is 15.2 Å². The SMILES string of the molecule is Cc1ccc(C(=O)NC2(CC(=O)O)CCOC2)cc1I. The maximum absolute atomic E-state index is 12.3. The van der Waals surface area contributed by atoms with Gasteiger partial charge in [-0.2, -0.15) is 0 Å². The van der Waals surface area contributed by atoms with E-state index in [4.69, 9.17) is 9.84 Å². The van der Waals surface area contributed by atoms with E-state index in [1.165, 1.54) is 0 Å². The lowest BCUT2D eigenvalue weighted by Gasteiger charge is -2.27. The Morgan fingerprint density at radius 1 is 1.50 bits per heavy atom. The minimum absolute atomic E-state index is 0.123. The molecule has 1 aliphatic heterocycles. The van der Waals surface area contributed by atoms with Crippen LogP contribution in [0.3, 0.4) is 0 Å². The third kappa shape index (κ3) is 3.49. The number of carboxylic acids is 1. The van der Waals surface area contributed by atoms with Crippen molar-refractivity contribution in [2.75, 3.05) is 13.2 Å². The van der Waals surface area contributed by atoms with E-state index in [9.17, 15) is 9.59 Å². The Balaban J connectivity index is 2.16. The number of nitrogens with one attached hydrogen (secondary N) is 1. The maximum atomic E-state index is 12.3. The molecule has 1 heterocycles. The molecule has 0 aromatic heterocycles. The summed E-state index contributed by atoms with van der Waals surface area (Å²) in [6.45, 7) is 2.69. The maximum Gasteiger partial charge on any atom is 0.305 e. The second-order valence-electron chi connectivity index (χ2n) is 5.07. The van der Waals surface area contributed by atoms with Gasteiger partial charge in [0.1, 0.15) is 0 Å². The van der Waals surface area contributed by atoms with Gasteiger partial charge in [-0.3, -0.25) is 9.59 Å². The number of carbonyl (C=O) groups excluding carboxylic acids is 1.